The molecule has 6 nitrogen and oxygen atoms in total. The van der Waals surface area contributed by atoms with Gasteiger partial charge in [0.05, 0.1) is 18.8 Å². The highest BCUT2D eigenvalue weighted by Crippen LogP contribution is 2.17. The molecule has 0 saturated heterocycles. The Labute approximate surface area is 167 Å². The number of halogens is 1. The molecule has 0 saturated carbocycles. The van der Waals surface area contributed by atoms with Crippen LogP contribution in [-0.4, -0.2) is 30.4 Å². The summed E-state index contributed by atoms with van der Waals surface area (Å²) in [6.07, 6.45) is 3.38. The van der Waals surface area contributed by atoms with Crippen LogP contribution in [0.4, 0.5) is 0 Å². The fourth-order valence-corrected chi connectivity index (χ4v) is 2.19. The predicted molar refractivity (Wildman–Crippen MR) is 104 cm³/mol. The highest BCUT2D eigenvalue weighted by atomic mass is 35.5. The van der Waals surface area contributed by atoms with E-state index in [-0.39, 0.29) is 5.97 Å². The summed E-state index contributed by atoms with van der Waals surface area (Å²) in [4.78, 5) is 33.6. The Hall–Kier alpha value is -3.12. The molecule has 0 aliphatic carbocycles. The number of benzene rings is 2. The number of carbonyl (C=O) groups is 3. The van der Waals surface area contributed by atoms with Crippen LogP contribution in [-0.2, 0) is 14.3 Å². The number of ether oxygens (including phenoxy) is 3. The molecule has 28 heavy (non-hydrogen) atoms. The van der Waals surface area contributed by atoms with Crippen LogP contribution < -0.4 is 9.47 Å². The van der Waals surface area contributed by atoms with Crippen molar-refractivity contribution in [1.82, 2.24) is 0 Å². The molecule has 0 heterocycles. The highest BCUT2D eigenvalue weighted by molar-refractivity contribution is 6.66. The van der Waals surface area contributed by atoms with Gasteiger partial charge in [0.25, 0.3) is 0 Å². The van der Waals surface area contributed by atoms with E-state index in [1.165, 1.54) is 13.0 Å². The van der Waals surface area contributed by atoms with Crippen molar-refractivity contribution < 1.29 is 28.6 Å². The average molecular weight is 403 g/mol. The lowest BCUT2D eigenvalue weighted by atomic mass is 10.2. The average Bonchev–Trinajstić information content (AvgIpc) is 2.67. The van der Waals surface area contributed by atoms with E-state index in [2.05, 4.69) is 0 Å². The van der Waals surface area contributed by atoms with Gasteiger partial charge in [0, 0.05) is 13.3 Å². The van der Waals surface area contributed by atoms with E-state index in [4.69, 9.17) is 25.8 Å². The number of hydrogen-bond acceptors (Lipinski definition) is 6. The summed E-state index contributed by atoms with van der Waals surface area (Å²) in [5.74, 6) is 0.162. The van der Waals surface area contributed by atoms with Crippen LogP contribution in [0, 0.1) is 0 Å². The quantitative estimate of drug-likeness (QED) is 0.207. The Morgan fingerprint density at radius 1 is 0.929 bits per heavy atom. The van der Waals surface area contributed by atoms with Gasteiger partial charge < -0.3 is 14.2 Å². The summed E-state index contributed by atoms with van der Waals surface area (Å²) < 4.78 is 15.6. The summed E-state index contributed by atoms with van der Waals surface area (Å²) in [6, 6.07) is 13.2. The molecule has 0 fully saturated rings. The van der Waals surface area contributed by atoms with Gasteiger partial charge in [-0.3, -0.25) is 9.59 Å². The molecule has 2 rings (SSSR count). The first-order valence-corrected chi connectivity index (χ1v) is 8.88. The second-order valence-corrected chi connectivity index (χ2v) is 6.03. The molecule has 0 N–H and O–H groups in total. The van der Waals surface area contributed by atoms with Gasteiger partial charge in [-0.1, -0.05) is 18.2 Å². The number of allylic oxidation sites excluding steroid dienone is 1. The van der Waals surface area contributed by atoms with Crippen molar-refractivity contribution in [3.05, 3.63) is 65.7 Å². The van der Waals surface area contributed by atoms with Crippen LogP contribution in [0.5, 0.6) is 11.5 Å². The molecule has 0 aliphatic heterocycles. The molecule has 2 aromatic carbocycles. The molecule has 0 bridgehead atoms. The van der Waals surface area contributed by atoms with E-state index in [9.17, 15) is 14.4 Å². The van der Waals surface area contributed by atoms with Gasteiger partial charge in [-0.15, -0.1) is 0 Å². The number of hydrogen-bond donors (Lipinski definition) is 0. The largest absolute Gasteiger partial charge is 0.493 e. The standard InChI is InChI=1S/C21H19ClO6/c1-15(23)26-13-2-14-27-18-10-6-17(7-11-18)21(25)28-19-8-3-16(4-9-19)5-12-20(22)24/h3-12H,2,13-14H2,1H3/b12-5+. The first-order valence-electron chi connectivity index (χ1n) is 8.50. The molecule has 0 spiro atoms. The van der Waals surface area contributed by atoms with Gasteiger partial charge in [-0.2, -0.15) is 0 Å². The highest BCUT2D eigenvalue weighted by Gasteiger charge is 2.09. The Balaban J connectivity index is 1.83. The molecular weight excluding hydrogens is 384 g/mol. The van der Waals surface area contributed by atoms with Gasteiger partial charge in [0.15, 0.2) is 0 Å². The zero-order chi connectivity index (χ0) is 20.4. The second-order valence-electron chi connectivity index (χ2n) is 5.66. The molecule has 0 aromatic heterocycles. The Bertz CT molecular complexity index is 840. The van der Waals surface area contributed by atoms with Gasteiger partial charge in [-0.25, -0.2) is 4.79 Å². The van der Waals surface area contributed by atoms with Crippen molar-refractivity contribution in [1.29, 1.82) is 0 Å². The zero-order valence-corrected chi connectivity index (χ0v) is 16.0. The Kier molecular flexibility index (Phi) is 8.24. The first kappa shape index (κ1) is 21.2. The minimum atomic E-state index is -0.563. The van der Waals surface area contributed by atoms with E-state index in [0.717, 1.165) is 5.56 Å². The van der Waals surface area contributed by atoms with Crippen LogP contribution in [0.1, 0.15) is 29.3 Å². The lowest BCUT2D eigenvalue weighted by molar-refractivity contribution is -0.141. The van der Waals surface area contributed by atoms with Crippen molar-refractivity contribution in [2.75, 3.05) is 13.2 Å². The van der Waals surface area contributed by atoms with Gasteiger partial charge in [0.1, 0.15) is 11.5 Å². The summed E-state index contributed by atoms with van der Waals surface area (Å²) >= 11 is 5.24. The van der Waals surface area contributed by atoms with E-state index >= 15 is 0 Å². The van der Waals surface area contributed by atoms with E-state index in [1.807, 2.05) is 0 Å². The third-order valence-electron chi connectivity index (χ3n) is 3.45. The summed E-state index contributed by atoms with van der Waals surface area (Å²) in [5, 5.41) is -0.563. The molecule has 0 atom stereocenters. The Morgan fingerprint density at radius 2 is 1.57 bits per heavy atom. The van der Waals surface area contributed by atoms with Crippen LogP contribution in [0.2, 0.25) is 0 Å². The molecule has 0 unspecified atom stereocenters. The van der Waals surface area contributed by atoms with Crippen molar-refractivity contribution in [3.63, 3.8) is 0 Å². The monoisotopic (exact) mass is 402 g/mol. The lowest BCUT2D eigenvalue weighted by Crippen LogP contribution is -2.09. The Morgan fingerprint density at radius 3 is 2.18 bits per heavy atom. The van der Waals surface area contributed by atoms with Crippen LogP contribution in [0.3, 0.4) is 0 Å². The fraction of sp³-hybridized carbons (Fsp3) is 0.190. The van der Waals surface area contributed by atoms with Gasteiger partial charge in [0.2, 0.25) is 5.24 Å². The summed E-state index contributed by atoms with van der Waals surface area (Å²) in [6.45, 7) is 2.05. The van der Waals surface area contributed by atoms with Crippen molar-refractivity contribution in [3.8, 4) is 11.5 Å². The van der Waals surface area contributed by atoms with Crippen LogP contribution in [0.25, 0.3) is 6.08 Å². The van der Waals surface area contributed by atoms with Crippen LogP contribution >= 0.6 is 11.6 Å². The van der Waals surface area contributed by atoms with Gasteiger partial charge >= 0.3 is 11.9 Å². The third-order valence-corrected chi connectivity index (χ3v) is 3.58. The molecule has 0 aliphatic rings. The number of esters is 2. The van der Waals surface area contributed by atoms with Crippen LogP contribution in [0.15, 0.2) is 54.6 Å². The van der Waals surface area contributed by atoms with E-state index in [1.54, 1.807) is 54.6 Å². The third kappa shape index (κ3) is 7.63. The van der Waals surface area contributed by atoms with Crippen molar-refractivity contribution in [2.45, 2.75) is 13.3 Å². The smallest absolute Gasteiger partial charge is 0.343 e. The minimum absolute atomic E-state index is 0.302. The van der Waals surface area contributed by atoms with Crippen molar-refractivity contribution >= 4 is 34.9 Å². The van der Waals surface area contributed by atoms with Gasteiger partial charge in [-0.05, 0) is 59.6 Å². The molecule has 0 radical (unpaired) electrons. The first-order chi connectivity index (χ1) is 13.4. The maximum absolute atomic E-state index is 12.2. The number of carbonyl (C=O) groups excluding carboxylic acids is 3. The van der Waals surface area contributed by atoms with E-state index < -0.39 is 11.2 Å². The summed E-state index contributed by atoms with van der Waals surface area (Å²) in [7, 11) is 0. The minimum Gasteiger partial charge on any atom is -0.493 e. The maximum atomic E-state index is 12.2. The molecule has 2 aromatic rings. The second kappa shape index (κ2) is 10.9. The lowest BCUT2D eigenvalue weighted by Gasteiger charge is -2.08. The predicted octanol–water partition coefficient (Wildman–Crippen LogP) is 4.02. The summed E-state index contributed by atoms with van der Waals surface area (Å²) in [5.41, 5.74) is 1.13. The number of rotatable bonds is 9. The SMILES string of the molecule is CC(=O)OCCCOc1ccc(C(=O)Oc2ccc(/C=C/C(=O)Cl)cc2)cc1. The normalized spacial score (nSPS) is 10.5. The maximum Gasteiger partial charge on any atom is 0.343 e. The molecule has 146 valence electrons. The zero-order valence-electron chi connectivity index (χ0n) is 15.2. The topological polar surface area (TPSA) is 78.9 Å². The van der Waals surface area contributed by atoms with Crippen molar-refractivity contribution in [2.24, 2.45) is 0 Å². The molecular formula is C21H19ClO6. The molecule has 7 heteroatoms. The molecule has 0 amide bonds. The fourth-order valence-electron chi connectivity index (χ4n) is 2.13. The van der Waals surface area contributed by atoms with E-state index in [0.29, 0.717) is 36.7 Å².